The van der Waals surface area contributed by atoms with Gasteiger partial charge in [-0.3, -0.25) is 4.79 Å². The lowest BCUT2D eigenvalue weighted by molar-refractivity contribution is -0.117. The number of hydrogen-bond acceptors (Lipinski definition) is 2. The summed E-state index contributed by atoms with van der Waals surface area (Å²) in [6, 6.07) is 2.59. The molecule has 0 radical (unpaired) electrons. The summed E-state index contributed by atoms with van der Waals surface area (Å²) >= 11 is 5.58. The molecule has 1 unspecified atom stereocenters. The number of fused-ring (bicyclic) bond motifs is 1. The van der Waals surface area contributed by atoms with Gasteiger partial charge in [0.25, 0.3) is 0 Å². The second-order valence-electron chi connectivity index (χ2n) is 3.04. The Morgan fingerprint density at radius 1 is 1.57 bits per heavy atom. The maximum Gasteiger partial charge on any atom is 0.246 e. The van der Waals surface area contributed by atoms with Gasteiger partial charge in [0.1, 0.15) is 6.04 Å². The average molecular weight is 215 g/mol. The molecule has 3 nitrogen and oxygen atoms in total. The molecule has 1 aromatic rings. The quantitative estimate of drug-likeness (QED) is 0.747. The van der Waals surface area contributed by atoms with Crippen molar-refractivity contribution in [3.05, 3.63) is 28.5 Å². The third-order valence-electron chi connectivity index (χ3n) is 2.24. The minimum atomic E-state index is -0.574. The number of likely N-dealkylation sites (N-methyl/N-ethyl adjacent to an activating group) is 1. The Balaban J connectivity index is 2.57. The van der Waals surface area contributed by atoms with E-state index in [9.17, 15) is 9.18 Å². The third kappa shape index (κ3) is 1.19. The van der Waals surface area contributed by atoms with Crippen LogP contribution in [-0.4, -0.2) is 13.0 Å². The SMILES string of the molecule is CNC1C(=O)Nc2c1ccc(Cl)c2F. The summed E-state index contributed by atoms with van der Waals surface area (Å²) in [5.74, 6) is -0.834. The first-order valence-corrected chi connectivity index (χ1v) is 4.49. The number of carbonyl (C=O) groups excluding carboxylic acids is 1. The van der Waals surface area contributed by atoms with Gasteiger partial charge in [0, 0.05) is 5.56 Å². The van der Waals surface area contributed by atoms with Gasteiger partial charge in [0.05, 0.1) is 10.7 Å². The highest BCUT2D eigenvalue weighted by atomic mass is 35.5. The van der Waals surface area contributed by atoms with Crippen LogP contribution in [0.3, 0.4) is 0 Å². The van der Waals surface area contributed by atoms with E-state index in [1.165, 1.54) is 6.07 Å². The third-order valence-corrected chi connectivity index (χ3v) is 2.53. The lowest BCUT2D eigenvalue weighted by Crippen LogP contribution is -2.23. The summed E-state index contributed by atoms with van der Waals surface area (Å²) in [4.78, 5) is 11.3. The first-order valence-electron chi connectivity index (χ1n) is 4.11. The van der Waals surface area contributed by atoms with Gasteiger partial charge in [0.2, 0.25) is 5.91 Å². The number of nitrogens with one attached hydrogen (secondary N) is 2. The van der Waals surface area contributed by atoms with Crippen molar-refractivity contribution in [2.45, 2.75) is 6.04 Å². The Hall–Kier alpha value is -1.13. The largest absolute Gasteiger partial charge is 0.322 e. The summed E-state index contributed by atoms with van der Waals surface area (Å²) in [7, 11) is 1.64. The summed E-state index contributed by atoms with van der Waals surface area (Å²) in [5, 5.41) is 5.26. The second-order valence-corrected chi connectivity index (χ2v) is 3.44. The van der Waals surface area contributed by atoms with E-state index >= 15 is 0 Å². The zero-order valence-electron chi connectivity index (χ0n) is 7.40. The number of halogens is 2. The van der Waals surface area contributed by atoms with Crippen molar-refractivity contribution in [3.8, 4) is 0 Å². The molecule has 0 aromatic heterocycles. The first kappa shape index (κ1) is 9.43. The zero-order chi connectivity index (χ0) is 10.3. The molecule has 2 rings (SSSR count). The number of carbonyl (C=O) groups is 1. The maximum absolute atomic E-state index is 13.4. The van der Waals surface area contributed by atoms with Gasteiger partial charge in [-0.05, 0) is 13.1 Å². The normalized spacial score (nSPS) is 19.4. The molecule has 1 aliphatic rings. The second kappa shape index (κ2) is 3.22. The van der Waals surface area contributed by atoms with Crippen LogP contribution in [0.5, 0.6) is 0 Å². The fourth-order valence-electron chi connectivity index (χ4n) is 1.56. The Morgan fingerprint density at radius 3 is 2.93 bits per heavy atom. The molecule has 0 bridgehead atoms. The molecule has 2 N–H and O–H groups in total. The van der Waals surface area contributed by atoms with Gasteiger partial charge in [-0.15, -0.1) is 0 Å². The molecule has 74 valence electrons. The molecular formula is C9H8ClFN2O. The van der Waals surface area contributed by atoms with Crippen LogP contribution in [0.1, 0.15) is 11.6 Å². The number of rotatable bonds is 1. The molecule has 0 saturated heterocycles. The monoisotopic (exact) mass is 214 g/mol. The minimum Gasteiger partial charge on any atom is -0.322 e. The van der Waals surface area contributed by atoms with Gasteiger partial charge in [-0.1, -0.05) is 17.7 Å². The van der Waals surface area contributed by atoms with Gasteiger partial charge in [-0.2, -0.15) is 0 Å². The van der Waals surface area contributed by atoms with Crippen LogP contribution in [0.4, 0.5) is 10.1 Å². The van der Waals surface area contributed by atoms with Crippen molar-refractivity contribution in [1.29, 1.82) is 0 Å². The van der Waals surface area contributed by atoms with Crippen molar-refractivity contribution in [2.75, 3.05) is 12.4 Å². The van der Waals surface area contributed by atoms with E-state index in [-0.39, 0.29) is 16.6 Å². The van der Waals surface area contributed by atoms with E-state index in [2.05, 4.69) is 10.6 Å². The molecule has 0 saturated carbocycles. The summed E-state index contributed by atoms with van der Waals surface area (Å²) < 4.78 is 13.4. The molecule has 0 aliphatic carbocycles. The van der Waals surface area contributed by atoms with E-state index in [4.69, 9.17) is 11.6 Å². The fraction of sp³-hybridized carbons (Fsp3) is 0.222. The highest BCUT2D eigenvalue weighted by molar-refractivity contribution is 6.31. The molecule has 1 amide bonds. The number of hydrogen-bond donors (Lipinski definition) is 2. The Bertz CT molecular complexity index is 408. The summed E-state index contributed by atoms with van der Waals surface area (Å²) in [6.45, 7) is 0. The number of benzene rings is 1. The average Bonchev–Trinajstić information content (AvgIpc) is 2.49. The molecule has 1 heterocycles. The molecule has 1 aromatic carbocycles. The van der Waals surface area contributed by atoms with Crippen molar-refractivity contribution in [1.82, 2.24) is 5.32 Å². The Morgan fingerprint density at radius 2 is 2.29 bits per heavy atom. The van der Waals surface area contributed by atoms with E-state index < -0.39 is 11.9 Å². The van der Waals surface area contributed by atoms with Gasteiger partial charge in [-0.25, -0.2) is 4.39 Å². The summed E-state index contributed by atoms with van der Waals surface area (Å²) in [5.41, 5.74) is 0.779. The molecule has 0 fully saturated rings. The topological polar surface area (TPSA) is 41.1 Å². The lowest BCUT2D eigenvalue weighted by Gasteiger charge is -2.06. The molecular weight excluding hydrogens is 207 g/mol. The van der Waals surface area contributed by atoms with Crippen LogP contribution in [0.15, 0.2) is 12.1 Å². The van der Waals surface area contributed by atoms with Crippen LogP contribution in [0.25, 0.3) is 0 Å². The van der Waals surface area contributed by atoms with Gasteiger partial charge < -0.3 is 10.6 Å². The van der Waals surface area contributed by atoms with E-state index in [0.717, 1.165) is 0 Å². The summed E-state index contributed by atoms with van der Waals surface area (Å²) in [6.07, 6.45) is 0. The molecule has 5 heteroatoms. The zero-order valence-corrected chi connectivity index (χ0v) is 8.15. The first-order chi connectivity index (χ1) is 6.65. The molecule has 0 spiro atoms. The minimum absolute atomic E-state index is 0.0146. The smallest absolute Gasteiger partial charge is 0.246 e. The van der Waals surface area contributed by atoms with Crippen LogP contribution >= 0.6 is 11.6 Å². The molecule has 1 aliphatic heterocycles. The predicted octanol–water partition coefficient (Wildman–Crippen LogP) is 1.69. The van der Waals surface area contributed by atoms with Crippen molar-refractivity contribution >= 4 is 23.2 Å². The lowest BCUT2D eigenvalue weighted by atomic mass is 10.1. The van der Waals surface area contributed by atoms with Crippen LogP contribution < -0.4 is 10.6 Å². The standard InChI is InChI=1S/C9H8ClFN2O/c1-12-8-4-2-3-5(10)6(11)7(4)13-9(8)14/h2-3,8,12H,1H3,(H,13,14). The van der Waals surface area contributed by atoms with Crippen LogP contribution in [0.2, 0.25) is 5.02 Å². The predicted molar refractivity (Wildman–Crippen MR) is 51.8 cm³/mol. The van der Waals surface area contributed by atoms with E-state index in [1.54, 1.807) is 13.1 Å². The fourth-order valence-corrected chi connectivity index (χ4v) is 1.71. The van der Waals surface area contributed by atoms with Crippen LogP contribution in [0, 0.1) is 5.82 Å². The van der Waals surface area contributed by atoms with Crippen LogP contribution in [-0.2, 0) is 4.79 Å². The highest BCUT2D eigenvalue weighted by Crippen LogP contribution is 2.35. The van der Waals surface area contributed by atoms with Gasteiger partial charge in [0.15, 0.2) is 5.82 Å². The Kier molecular flexibility index (Phi) is 2.17. The maximum atomic E-state index is 13.4. The van der Waals surface area contributed by atoms with Gasteiger partial charge >= 0.3 is 0 Å². The molecule has 1 atom stereocenters. The highest BCUT2D eigenvalue weighted by Gasteiger charge is 2.31. The van der Waals surface area contributed by atoms with Crippen molar-refractivity contribution in [2.24, 2.45) is 0 Å². The molecule has 14 heavy (non-hydrogen) atoms. The Labute approximate surface area is 85.3 Å². The van der Waals surface area contributed by atoms with Crippen molar-refractivity contribution < 1.29 is 9.18 Å². The van der Waals surface area contributed by atoms with E-state index in [1.807, 2.05) is 0 Å². The van der Waals surface area contributed by atoms with Crippen molar-refractivity contribution in [3.63, 3.8) is 0 Å². The number of amides is 1. The number of anilines is 1. The van der Waals surface area contributed by atoms with E-state index in [0.29, 0.717) is 5.56 Å².